The average Bonchev–Trinajstić information content (AvgIpc) is 3.41. The smallest absolute Gasteiger partial charge is 0.227 e. The number of fused-ring (bicyclic) bond motifs is 2. The van der Waals surface area contributed by atoms with Crippen LogP contribution in [0, 0.1) is 5.92 Å². The van der Waals surface area contributed by atoms with Gasteiger partial charge in [0, 0.05) is 37.3 Å². The van der Waals surface area contributed by atoms with E-state index in [-0.39, 0.29) is 17.7 Å². The molecule has 0 aliphatic carbocycles. The summed E-state index contributed by atoms with van der Waals surface area (Å²) < 4.78 is 0. The van der Waals surface area contributed by atoms with Crippen molar-refractivity contribution in [2.24, 2.45) is 5.92 Å². The van der Waals surface area contributed by atoms with Crippen LogP contribution in [-0.4, -0.2) is 24.9 Å². The van der Waals surface area contributed by atoms with Gasteiger partial charge in [-0.2, -0.15) is 0 Å². The van der Waals surface area contributed by atoms with Gasteiger partial charge in [-0.1, -0.05) is 69.0 Å². The van der Waals surface area contributed by atoms with Crippen molar-refractivity contribution in [1.29, 1.82) is 0 Å². The molecule has 0 fully saturated rings. The van der Waals surface area contributed by atoms with Gasteiger partial charge in [0.15, 0.2) is 0 Å². The van der Waals surface area contributed by atoms with E-state index in [1.54, 1.807) is 0 Å². The highest BCUT2D eigenvalue weighted by molar-refractivity contribution is 5.98. The minimum Gasteiger partial charge on any atom is -0.312 e. The monoisotopic (exact) mass is 418 g/mol. The highest BCUT2D eigenvalue weighted by Crippen LogP contribution is 2.32. The van der Waals surface area contributed by atoms with E-state index in [1.807, 2.05) is 46.2 Å². The van der Waals surface area contributed by atoms with Crippen molar-refractivity contribution in [3.8, 4) is 0 Å². The lowest BCUT2D eigenvalue weighted by atomic mass is 9.93. The predicted molar refractivity (Wildman–Crippen MR) is 126 cm³/mol. The summed E-state index contributed by atoms with van der Waals surface area (Å²) in [5.41, 5.74) is 4.61. The van der Waals surface area contributed by atoms with Gasteiger partial charge in [-0.3, -0.25) is 9.59 Å². The van der Waals surface area contributed by atoms with Crippen molar-refractivity contribution in [2.75, 3.05) is 22.9 Å². The second-order valence-corrected chi connectivity index (χ2v) is 8.97. The van der Waals surface area contributed by atoms with Crippen LogP contribution in [0.1, 0.15) is 63.0 Å². The fourth-order valence-corrected chi connectivity index (χ4v) is 5.04. The standard InChI is InChI=1S/C27H34N2O2/c1-2-3-4-5-10-21(19-26(30)28-17-15-22-11-6-8-13-24(22)28)20-27(31)29-18-16-23-12-7-9-14-25(23)29/h6-9,11-14,21H,2-5,10,15-20H2,1H3. The van der Waals surface area contributed by atoms with Crippen LogP contribution in [0.5, 0.6) is 0 Å². The zero-order valence-electron chi connectivity index (χ0n) is 18.7. The Kier molecular flexibility index (Phi) is 7.06. The molecule has 0 unspecified atom stereocenters. The van der Waals surface area contributed by atoms with Gasteiger partial charge in [0.2, 0.25) is 11.8 Å². The van der Waals surface area contributed by atoms with Crippen molar-refractivity contribution in [1.82, 2.24) is 0 Å². The third-order valence-corrected chi connectivity index (χ3v) is 6.77. The number of carbonyl (C=O) groups is 2. The van der Waals surface area contributed by atoms with Gasteiger partial charge < -0.3 is 9.80 Å². The number of benzene rings is 2. The summed E-state index contributed by atoms with van der Waals surface area (Å²) in [7, 11) is 0. The molecule has 2 aromatic carbocycles. The van der Waals surface area contributed by atoms with E-state index in [0.29, 0.717) is 12.8 Å². The van der Waals surface area contributed by atoms with Crippen molar-refractivity contribution in [3.63, 3.8) is 0 Å². The summed E-state index contributed by atoms with van der Waals surface area (Å²) in [6.07, 6.45) is 8.39. The molecule has 2 aliphatic heterocycles. The number of hydrogen-bond acceptors (Lipinski definition) is 2. The lowest BCUT2D eigenvalue weighted by Crippen LogP contribution is -2.34. The molecule has 164 valence electrons. The number of rotatable bonds is 9. The third kappa shape index (κ3) is 5.00. The summed E-state index contributed by atoms with van der Waals surface area (Å²) in [6, 6.07) is 16.4. The average molecular weight is 419 g/mol. The molecule has 2 aliphatic rings. The van der Waals surface area contributed by atoms with E-state index in [0.717, 1.165) is 50.1 Å². The van der Waals surface area contributed by atoms with E-state index in [2.05, 4.69) is 19.1 Å². The van der Waals surface area contributed by atoms with E-state index < -0.39 is 0 Å². The molecule has 0 spiro atoms. The lowest BCUT2D eigenvalue weighted by molar-refractivity contribution is -0.121. The van der Waals surface area contributed by atoms with Crippen LogP contribution in [0.25, 0.3) is 0 Å². The number of nitrogens with zero attached hydrogens (tertiary/aromatic N) is 2. The summed E-state index contributed by atoms with van der Waals surface area (Å²) in [5.74, 6) is 0.442. The van der Waals surface area contributed by atoms with Crippen molar-refractivity contribution >= 4 is 23.2 Å². The molecule has 0 radical (unpaired) electrons. The Bertz CT molecular complexity index is 853. The Morgan fingerprint density at radius 1 is 0.774 bits per heavy atom. The number of anilines is 2. The minimum absolute atomic E-state index is 0.109. The van der Waals surface area contributed by atoms with Crippen LogP contribution >= 0.6 is 0 Å². The summed E-state index contributed by atoms with van der Waals surface area (Å²) in [4.78, 5) is 30.3. The summed E-state index contributed by atoms with van der Waals surface area (Å²) in [6.45, 7) is 3.72. The molecule has 0 saturated heterocycles. The van der Waals surface area contributed by atoms with Gasteiger partial charge in [-0.05, 0) is 48.4 Å². The van der Waals surface area contributed by atoms with E-state index in [4.69, 9.17) is 0 Å². The maximum atomic E-state index is 13.2. The van der Waals surface area contributed by atoms with Gasteiger partial charge in [-0.25, -0.2) is 0 Å². The Balaban J connectivity index is 1.42. The first-order valence-corrected chi connectivity index (χ1v) is 11.9. The largest absolute Gasteiger partial charge is 0.312 e. The number of para-hydroxylation sites is 2. The molecule has 0 saturated carbocycles. The van der Waals surface area contributed by atoms with Gasteiger partial charge in [0.05, 0.1) is 0 Å². The lowest BCUT2D eigenvalue weighted by Gasteiger charge is -2.24. The fraction of sp³-hybridized carbons (Fsp3) is 0.481. The fourth-order valence-electron chi connectivity index (χ4n) is 5.04. The van der Waals surface area contributed by atoms with Crippen molar-refractivity contribution in [3.05, 3.63) is 59.7 Å². The number of amides is 2. The summed E-state index contributed by atoms with van der Waals surface area (Å²) in [5, 5.41) is 0. The Hall–Kier alpha value is -2.62. The highest BCUT2D eigenvalue weighted by Gasteiger charge is 2.30. The molecule has 31 heavy (non-hydrogen) atoms. The van der Waals surface area contributed by atoms with Crippen molar-refractivity contribution in [2.45, 2.75) is 64.7 Å². The topological polar surface area (TPSA) is 40.6 Å². The molecular formula is C27H34N2O2. The number of carbonyl (C=O) groups excluding carboxylic acids is 2. The maximum absolute atomic E-state index is 13.2. The minimum atomic E-state index is 0.109. The molecule has 4 rings (SSSR count). The van der Waals surface area contributed by atoms with Gasteiger partial charge in [0.25, 0.3) is 0 Å². The van der Waals surface area contributed by atoms with Crippen LogP contribution in [0.2, 0.25) is 0 Å². The quantitative estimate of drug-likeness (QED) is 0.502. The summed E-state index contributed by atoms with van der Waals surface area (Å²) >= 11 is 0. The highest BCUT2D eigenvalue weighted by atomic mass is 16.2. The predicted octanol–water partition coefficient (Wildman–Crippen LogP) is 5.53. The molecular weight excluding hydrogens is 384 g/mol. The molecule has 0 bridgehead atoms. The molecule has 0 N–H and O–H groups in total. The zero-order valence-corrected chi connectivity index (χ0v) is 18.7. The van der Waals surface area contributed by atoms with E-state index in [1.165, 1.54) is 30.4 Å². The molecule has 0 aromatic heterocycles. The Morgan fingerprint density at radius 2 is 1.29 bits per heavy atom. The van der Waals surface area contributed by atoms with E-state index >= 15 is 0 Å². The molecule has 2 aromatic rings. The van der Waals surface area contributed by atoms with Gasteiger partial charge in [-0.15, -0.1) is 0 Å². The maximum Gasteiger partial charge on any atom is 0.227 e. The van der Waals surface area contributed by atoms with Crippen LogP contribution in [0.3, 0.4) is 0 Å². The second-order valence-electron chi connectivity index (χ2n) is 8.97. The first-order valence-electron chi connectivity index (χ1n) is 11.9. The normalized spacial score (nSPS) is 14.8. The molecule has 2 amide bonds. The Labute approximate surface area is 186 Å². The van der Waals surface area contributed by atoms with E-state index in [9.17, 15) is 9.59 Å². The molecule has 2 heterocycles. The van der Waals surface area contributed by atoms with Crippen LogP contribution in [0.4, 0.5) is 11.4 Å². The number of hydrogen-bond donors (Lipinski definition) is 0. The zero-order chi connectivity index (χ0) is 21.6. The first kappa shape index (κ1) is 21.6. The third-order valence-electron chi connectivity index (χ3n) is 6.77. The first-order chi connectivity index (χ1) is 15.2. The van der Waals surface area contributed by atoms with Crippen LogP contribution in [-0.2, 0) is 22.4 Å². The molecule has 4 nitrogen and oxygen atoms in total. The molecule has 0 atom stereocenters. The van der Waals surface area contributed by atoms with Crippen molar-refractivity contribution < 1.29 is 9.59 Å². The van der Waals surface area contributed by atoms with Crippen LogP contribution in [0.15, 0.2) is 48.5 Å². The number of unbranched alkanes of at least 4 members (excludes halogenated alkanes) is 3. The van der Waals surface area contributed by atoms with Gasteiger partial charge >= 0.3 is 0 Å². The molecule has 4 heteroatoms. The second kappa shape index (κ2) is 10.1. The SMILES string of the molecule is CCCCCCC(CC(=O)N1CCc2ccccc21)CC(=O)N1CCc2ccccc21. The van der Waals surface area contributed by atoms with Gasteiger partial charge in [0.1, 0.15) is 0 Å². The Morgan fingerprint density at radius 3 is 1.81 bits per heavy atom. The van der Waals surface area contributed by atoms with Crippen LogP contribution < -0.4 is 9.80 Å².